The predicted molar refractivity (Wildman–Crippen MR) is 76.4 cm³/mol. The molecule has 1 fully saturated rings. The van der Waals surface area contributed by atoms with Crippen LogP contribution >= 0.6 is 0 Å². The van der Waals surface area contributed by atoms with E-state index in [2.05, 4.69) is 42.1 Å². The number of nitrogen functional groups attached to an aromatic ring is 1. The molecule has 3 N–H and O–H groups in total. The number of hydrogen-bond donors (Lipinski definition) is 2. The number of piperidine rings is 1. The van der Waals surface area contributed by atoms with Gasteiger partial charge in [0.05, 0.1) is 0 Å². The molecule has 0 aliphatic carbocycles. The van der Waals surface area contributed by atoms with Crippen LogP contribution < -0.4 is 16.2 Å². The summed E-state index contributed by atoms with van der Waals surface area (Å²) in [6.07, 6.45) is 2.48. The topological polar surface area (TPSA) is 54.2 Å². The molecule has 2 heterocycles. The summed E-state index contributed by atoms with van der Waals surface area (Å²) in [6.45, 7) is 9.19. The van der Waals surface area contributed by atoms with Crippen molar-refractivity contribution in [1.29, 1.82) is 0 Å². The molecular formula is C14H24N4. The van der Waals surface area contributed by atoms with Gasteiger partial charge in [-0.1, -0.05) is 26.8 Å². The number of hydrogen-bond acceptors (Lipinski definition) is 4. The average Bonchev–Trinajstić information content (AvgIpc) is 2.38. The number of pyridine rings is 1. The van der Waals surface area contributed by atoms with Gasteiger partial charge in [-0.15, -0.1) is 0 Å². The van der Waals surface area contributed by atoms with E-state index in [-0.39, 0.29) is 0 Å². The summed E-state index contributed by atoms with van der Waals surface area (Å²) in [6, 6.07) is 5.93. The van der Waals surface area contributed by atoms with Crippen LogP contribution in [0.1, 0.15) is 33.6 Å². The first-order valence-electron chi connectivity index (χ1n) is 6.69. The Balaban J connectivity index is 2.01. The van der Waals surface area contributed by atoms with Crippen molar-refractivity contribution in [2.24, 2.45) is 17.2 Å². The van der Waals surface area contributed by atoms with E-state index in [0.717, 1.165) is 30.6 Å². The Labute approximate surface area is 110 Å². The van der Waals surface area contributed by atoms with Gasteiger partial charge in [0.2, 0.25) is 0 Å². The van der Waals surface area contributed by atoms with E-state index in [1.165, 1.54) is 12.8 Å². The smallest absolute Gasteiger partial charge is 0.142 e. The van der Waals surface area contributed by atoms with Crippen LogP contribution in [-0.4, -0.2) is 18.1 Å². The lowest BCUT2D eigenvalue weighted by molar-refractivity contribution is 0.198. The normalized spacial score (nSPS) is 17.9. The third-order valence-electron chi connectivity index (χ3n) is 3.93. The van der Waals surface area contributed by atoms with Crippen molar-refractivity contribution in [3.8, 4) is 0 Å². The zero-order chi connectivity index (χ0) is 13.2. The minimum Gasteiger partial charge on any atom is -0.357 e. The number of hydrazine groups is 1. The highest BCUT2D eigenvalue weighted by atomic mass is 15.3. The number of aromatic nitrogens is 1. The first-order chi connectivity index (χ1) is 8.50. The number of rotatable bonds is 2. The minimum atomic E-state index is 0.417. The maximum absolute atomic E-state index is 5.40. The Morgan fingerprint density at radius 3 is 2.50 bits per heavy atom. The molecule has 0 amide bonds. The first kappa shape index (κ1) is 13.1. The second kappa shape index (κ2) is 5.14. The number of nitrogens with one attached hydrogen (secondary N) is 1. The van der Waals surface area contributed by atoms with Crippen molar-refractivity contribution in [2.45, 2.75) is 33.6 Å². The highest BCUT2D eigenvalue weighted by Gasteiger charge is 2.29. The Hall–Kier alpha value is -1.29. The van der Waals surface area contributed by atoms with Crippen LogP contribution in [0.2, 0.25) is 0 Å². The largest absolute Gasteiger partial charge is 0.357 e. The molecule has 4 heteroatoms. The molecule has 4 nitrogen and oxygen atoms in total. The second-order valence-electron chi connectivity index (χ2n) is 6.15. The highest BCUT2D eigenvalue weighted by Crippen LogP contribution is 2.35. The van der Waals surface area contributed by atoms with E-state index >= 15 is 0 Å². The third-order valence-corrected chi connectivity index (χ3v) is 3.93. The fourth-order valence-corrected chi connectivity index (χ4v) is 2.65. The van der Waals surface area contributed by atoms with Crippen molar-refractivity contribution in [1.82, 2.24) is 4.98 Å². The fourth-order valence-electron chi connectivity index (χ4n) is 2.65. The van der Waals surface area contributed by atoms with Gasteiger partial charge in [-0.3, -0.25) is 0 Å². The fraction of sp³-hybridized carbons (Fsp3) is 0.643. The SMILES string of the molecule is CC(C)(C)C1CCN(c2cccc(NN)n2)CC1. The van der Waals surface area contributed by atoms with Gasteiger partial charge >= 0.3 is 0 Å². The van der Waals surface area contributed by atoms with Crippen LogP contribution in [0.15, 0.2) is 18.2 Å². The van der Waals surface area contributed by atoms with E-state index < -0.39 is 0 Å². The van der Waals surface area contributed by atoms with Gasteiger partial charge in [0.1, 0.15) is 11.6 Å². The second-order valence-corrected chi connectivity index (χ2v) is 6.15. The third kappa shape index (κ3) is 2.93. The van der Waals surface area contributed by atoms with Crippen molar-refractivity contribution >= 4 is 11.6 Å². The molecule has 0 saturated carbocycles. The summed E-state index contributed by atoms with van der Waals surface area (Å²) >= 11 is 0. The van der Waals surface area contributed by atoms with Crippen LogP contribution in [0, 0.1) is 11.3 Å². The van der Waals surface area contributed by atoms with Gasteiger partial charge in [-0.2, -0.15) is 0 Å². The lowest BCUT2D eigenvalue weighted by atomic mass is 9.75. The average molecular weight is 248 g/mol. The van der Waals surface area contributed by atoms with E-state index in [9.17, 15) is 0 Å². The predicted octanol–water partition coefficient (Wildman–Crippen LogP) is 2.63. The van der Waals surface area contributed by atoms with Crippen LogP contribution in [0.3, 0.4) is 0 Å². The number of nitrogens with two attached hydrogens (primary N) is 1. The molecule has 0 radical (unpaired) electrons. The number of anilines is 2. The monoisotopic (exact) mass is 248 g/mol. The van der Waals surface area contributed by atoms with Crippen molar-refractivity contribution in [3.05, 3.63) is 18.2 Å². The summed E-state index contributed by atoms with van der Waals surface area (Å²) in [4.78, 5) is 6.84. The summed E-state index contributed by atoms with van der Waals surface area (Å²) < 4.78 is 0. The summed E-state index contributed by atoms with van der Waals surface area (Å²) in [5.41, 5.74) is 3.02. The standard InChI is InChI=1S/C14H24N4/c1-14(2,3)11-7-9-18(10-8-11)13-6-4-5-12(16-13)17-15/h4-6,11H,7-10,15H2,1-3H3,(H,16,17). The molecule has 0 spiro atoms. The molecule has 0 bridgehead atoms. The van der Waals surface area contributed by atoms with Gasteiger partial charge < -0.3 is 10.3 Å². The van der Waals surface area contributed by atoms with Crippen LogP contribution in [-0.2, 0) is 0 Å². The van der Waals surface area contributed by atoms with Gasteiger partial charge in [0, 0.05) is 13.1 Å². The van der Waals surface area contributed by atoms with Gasteiger partial charge in [0.25, 0.3) is 0 Å². The van der Waals surface area contributed by atoms with E-state index in [1.54, 1.807) is 0 Å². The lowest BCUT2D eigenvalue weighted by Gasteiger charge is -2.39. The van der Waals surface area contributed by atoms with Gasteiger partial charge in [0.15, 0.2) is 0 Å². The molecule has 1 aliphatic rings. The molecule has 18 heavy (non-hydrogen) atoms. The van der Waals surface area contributed by atoms with Crippen LogP contribution in [0.4, 0.5) is 11.6 Å². The van der Waals surface area contributed by atoms with E-state index in [4.69, 9.17) is 5.84 Å². The summed E-state index contributed by atoms with van der Waals surface area (Å²) in [7, 11) is 0. The van der Waals surface area contributed by atoms with Gasteiger partial charge in [-0.25, -0.2) is 10.8 Å². The Morgan fingerprint density at radius 2 is 1.94 bits per heavy atom. The Morgan fingerprint density at radius 1 is 1.28 bits per heavy atom. The van der Waals surface area contributed by atoms with Crippen molar-refractivity contribution in [3.63, 3.8) is 0 Å². The summed E-state index contributed by atoms with van der Waals surface area (Å²) in [5.74, 6) is 7.96. The number of nitrogens with zero attached hydrogens (tertiary/aromatic N) is 2. The van der Waals surface area contributed by atoms with Crippen molar-refractivity contribution < 1.29 is 0 Å². The Bertz CT molecular complexity index is 389. The Kier molecular flexibility index (Phi) is 3.76. The van der Waals surface area contributed by atoms with E-state index in [0.29, 0.717) is 5.41 Å². The van der Waals surface area contributed by atoms with E-state index in [1.807, 2.05) is 12.1 Å². The van der Waals surface area contributed by atoms with Crippen molar-refractivity contribution in [2.75, 3.05) is 23.4 Å². The first-order valence-corrected chi connectivity index (χ1v) is 6.69. The molecular weight excluding hydrogens is 224 g/mol. The molecule has 1 aromatic heterocycles. The van der Waals surface area contributed by atoms with Crippen LogP contribution in [0.5, 0.6) is 0 Å². The molecule has 0 unspecified atom stereocenters. The van der Waals surface area contributed by atoms with Gasteiger partial charge in [-0.05, 0) is 36.3 Å². The zero-order valence-corrected chi connectivity index (χ0v) is 11.6. The lowest BCUT2D eigenvalue weighted by Crippen LogP contribution is -2.38. The molecule has 1 aliphatic heterocycles. The molecule has 2 rings (SSSR count). The molecule has 1 aromatic rings. The van der Waals surface area contributed by atoms with Crippen LogP contribution in [0.25, 0.3) is 0 Å². The maximum Gasteiger partial charge on any atom is 0.142 e. The zero-order valence-electron chi connectivity index (χ0n) is 11.6. The molecule has 0 aromatic carbocycles. The quantitative estimate of drug-likeness (QED) is 0.624. The highest BCUT2D eigenvalue weighted by molar-refractivity contribution is 5.46. The molecule has 0 atom stereocenters. The summed E-state index contributed by atoms with van der Waals surface area (Å²) in [5, 5.41) is 0. The maximum atomic E-state index is 5.40. The molecule has 1 saturated heterocycles. The molecule has 100 valence electrons. The minimum absolute atomic E-state index is 0.417.